The molecule has 2 atom stereocenters. The number of pyridine rings is 1. The molecule has 162 valence electrons. The number of fused-ring (bicyclic) bond motifs is 1. The molecular formula is C26H36N2O2. The maximum atomic E-state index is 13.2. The SMILES string of the molecule is C=C[C@H]1CN(CCCCCCC)CC[C@H]1CC(=O)c1ccnc2ccc(OC)cc12. The van der Waals surface area contributed by atoms with Gasteiger partial charge in [-0.15, -0.1) is 6.58 Å². The molecule has 0 unspecified atom stereocenters. The molecule has 0 bridgehead atoms. The van der Waals surface area contributed by atoms with Gasteiger partial charge in [0.1, 0.15) is 5.75 Å². The van der Waals surface area contributed by atoms with Crippen LogP contribution in [0.4, 0.5) is 0 Å². The highest BCUT2D eigenvalue weighted by Gasteiger charge is 2.29. The van der Waals surface area contributed by atoms with E-state index in [1.54, 1.807) is 13.3 Å². The predicted molar refractivity (Wildman–Crippen MR) is 124 cm³/mol. The minimum absolute atomic E-state index is 0.195. The molecule has 1 aliphatic heterocycles. The highest BCUT2D eigenvalue weighted by molar-refractivity contribution is 6.07. The second kappa shape index (κ2) is 11.3. The molecule has 1 aliphatic rings. The Morgan fingerprint density at radius 2 is 2.10 bits per heavy atom. The van der Waals surface area contributed by atoms with Gasteiger partial charge in [0.2, 0.25) is 0 Å². The van der Waals surface area contributed by atoms with E-state index in [1.165, 1.54) is 38.6 Å². The number of aromatic nitrogens is 1. The number of piperidine rings is 1. The van der Waals surface area contributed by atoms with E-state index in [4.69, 9.17) is 4.74 Å². The lowest BCUT2D eigenvalue weighted by Gasteiger charge is -2.37. The van der Waals surface area contributed by atoms with E-state index in [0.29, 0.717) is 18.3 Å². The van der Waals surface area contributed by atoms with Crippen LogP contribution in [0.15, 0.2) is 43.1 Å². The summed E-state index contributed by atoms with van der Waals surface area (Å²) in [7, 11) is 1.64. The summed E-state index contributed by atoms with van der Waals surface area (Å²) in [5.74, 6) is 1.68. The van der Waals surface area contributed by atoms with Crippen molar-refractivity contribution in [2.75, 3.05) is 26.7 Å². The van der Waals surface area contributed by atoms with Crippen LogP contribution in [-0.2, 0) is 0 Å². The molecule has 30 heavy (non-hydrogen) atoms. The third-order valence-electron chi connectivity index (χ3n) is 6.47. The number of likely N-dealkylation sites (tertiary alicyclic amines) is 1. The smallest absolute Gasteiger partial charge is 0.163 e. The maximum absolute atomic E-state index is 13.2. The van der Waals surface area contributed by atoms with Crippen molar-refractivity contribution in [1.29, 1.82) is 0 Å². The zero-order valence-electron chi connectivity index (χ0n) is 18.6. The maximum Gasteiger partial charge on any atom is 0.163 e. The van der Waals surface area contributed by atoms with E-state index in [-0.39, 0.29) is 5.78 Å². The molecule has 0 aliphatic carbocycles. The number of methoxy groups -OCH3 is 1. The molecule has 0 amide bonds. The van der Waals surface area contributed by atoms with Gasteiger partial charge in [0.15, 0.2) is 5.78 Å². The first-order valence-electron chi connectivity index (χ1n) is 11.5. The van der Waals surface area contributed by atoms with Gasteiger partial charge in [-0.25, -0.2) is 0 Å². The molecule has 0 radical (unpaired) electrons. The summed E-state index contributed by atoms with van der Waals surface area (Å²) in [6.07, 6.45) is 12.0. The van der Waals surface area contributed by atoms with Gasteiger partial charge in [0.25, 0.3) is 0 Å². The summed E-state index contributed by atoms with van der Waals surface area (Å²) >= 11 is 0. The van der Waals surface area contributed by atoms with E-state index in [1.807, 2.05) is 24.3 Å². The number of hydrogen-bond donors (Lipinski definition) is 0. The van der Waals surface area contributed by atoms with Crippen LogP contribution in [0.2, 0.25) is 0 Å². The molecule has 4 nitrogen and oxygen atoms in total. The summed E-state index contributed by atoms with van der Waals surface area (Å²) in [6, 6.07) is 7.56. The Labute approximate surface area is 181 Å². The Morgan fingerprint density at radius 1 is 1.27 bits per heavy atom. The number of hydrogen-bond acceptors (Lipinski definition) is 4. The topological polar surface area (TPSA) is 42.4 Å². The molecule has 0 N–H and O–H groups in total. The largest absolute Gasteiger partial charge is 0.497 e. The van der Waals surface area contributed by atoms with Gasteiger partial charge < -0.3 is 9.64 Å². The number of carbonyl (C=O) groups is 1. The summed E-state index contributed by atoms with van der Waals surface area (Å²) in [5.41, 5.74) is 1.58. The number of nitrogens with zero attached hydrogens (tertiary/aromatic N) is 2. The van der Waals surface area contributed by atoms with Crippen LogP contribution in [-0.4, -0.2) is 42.4 Å². The zero-order valence-corrected chi connectivity index (χ0v) is 18.6. The van der Waals surface area contributed by atoms with E-state index in [2.05, 4.69) is 29.5 Å². The van der Waals surface area contributed by atoms with Gasteiger partial charge >= 0.3 is 0 Å². The minimum Gasteiger partial charge on any atom is -0.497 e. The minimum atomic E-state index is 0.195. The molecule has 1 saturated heterocycles. The fourth-order valence-electron chi connectivity index (χ4n) is 4.61. The lowest BCUT2D eigenvalue weighted by atomic mass is 9.81. The molecule has 1 fully saturated rings. The normalized spacial score (nSPS) is 19.7. The average Bonchev–Trinajstić information content (AvgIpc) is 2.78. The van der Waals surface area contributed by atoms with Gasteiger partial charge in [-0.05, 0) is 62.0 Å². The average molecular weight is 409 g/mol. The lowest BCUT2D eigenvalue weighted by Crippen LogP contribution is -2.40. The van der Waals surface area contributed by atoms with Crippen molar-refractivity contribution in [2.24, 2.45) is 11.8 Å². The summed E-state index contributed by atoms with van der Waals surface area (Å²) in [6.45, 7) is 9.62. The van der Waals surface area contributed by atoms with Gasteiger partial charge in [-0.3, -0.25) is 9.78 Å². The monoisotopic (exact) mass is 408 g/mol. The van der Waals surface area contributed by atoms with Crippen molar-refractivity contribution in [1.82, 2.24) is 9.88 Å². The Morgan fingerprint density at radius 3 is 2.87 bits per heavy atom. The van der Waals surface area contributed by atoms with Crippen molar-refractivity contribution >= 4 is 16.7 Å². The van der Waals surface area contributed by atoms with Crippen molar-refractivity contribution in [2.45, 2.75) is 51.9 Å². The standard InChI is InChI=1S/C26H36N2O2/c1-4-6-7-8-9-15-28-16-13-21(20(5-2)19-28)17-26(29)23-12-14-27-25-11-10-22(30-3)18-24(23)25/h5,10-12,14,18,20-21H,2,4,6-9,13,15-17,19H2,1,3H3/t20-,21-/m0/s1. The van der Waals surface area contributed by atoms with Crippen molar-refractivity contribution < 1.29 is 9.53 Å². The number of ketones is 1. The second-order valence-electron chi connectivity index (χ2n) is 8.53. The van der Waals surface area contributed by atoms with Crippen LogP contribution in [0.1, 0.15) is 62.2 Å². The number of rotatable bonds is 11. The molecule has 3 rings (SSSR count). The van der Waals surface area contributed by atoms with Crippen LogP contribution in [0, 0.1) is 11.8 Å². The van der Waals surface area contributed by atoms with Gasteiger partial charge in [0, 0.05) is 30.1 Å². The molecule has 1 aromatic heterocycles. The highest BCUT2D eigenvalue weighted by Crippen LogP contribution is 2.31. The van der Waals surface area contributed by atoms with Gasteiger partial charge in [0.05, 0.1) is 12.6 Å². The number of benzene rings is 1. The molecule has 2 aromatic rings. The van der Waals surface area contributed by atoms with Crippen LogP contribution >= 0.6 is 0 Å². The third-order valence-corrected chi connectivity index (χ3v) is 6.47. The Bertz CT molecular complexity index is 848. The number of ether oxygens (including phenoxy) is 1. The fraction of sp³-hybridized carbons (Fsp3) is 0.538. The number of unbranched alkanes of at least 4 members (excludes halogenated alkanes) is 4. The molecular weight excluding hydrogens is 372 g/mol. The third kappa shape index (κ3) is 5.69. The fourth-order valence-corrected chi connectivity index (χ4v) is 4.61. The quantitative estimate of drug-likeness (QED) is 0.263. The van der Waals surface area contributed by atoms with E-state index >= 15 is 0 Å². The molecule has 1 aromatic carbocycles. The van der Waals surface area contributed by atoms with E-state index in [0.717, 1.165) is 41.7 Å². The molecule has 0 spiro atoms. The Balaban J connectivity index is 1.61. The van der Waals surface area contributed by atoms with Crippen LogP contribution in [0.25, 0.3) is 10.9 Å². The van der Waals surface area contributed by atoms with Crippen molar-refractivity contribution in [3.8, 4) is 5.75 Å². The van der Waals surface area contributed by atoms with Crippen LogP contribution in [0.3, 0.4) is 0 Å². The van der Waals surface area contributed by atoms with Crippen LogP contribution < -0.4 is 4.74 Å². The molecule has 0 saturated carbocycles. The highest BCUT2D eigenvalue weighted by atomic mass is 16.5. The van der Waals surface area contributed by atoms with Gasteiger partial charge in [-0.2, -0.15) is 0 Å². The zero-order chi connectivity index (χ0) is 21.3. The second-order valence-corrected chi connectivity index (χ2v) is 8.53. The first kappa shape index (κ1) is 22.5. The summed E-state index contributed by atoms with van der Waals surface area (Å²) in [5, 5.41) is 0.876. The van der Waals surface area contributed by atoms with Gasteiger partial charge in [-0.1, -0.05) is 38.7 Å². The van der Waals surface area contributed by atoms with Crippen molar-refractivity contribution in [3.63, 3.8) is 0 Å². The predicted octanol–water partition coefficient (Wildman–Crippen LogP) is 5.91. The van der Waals surface area contributed by atoms with Crippen molar-refractivity contribution in [3.05, 3.63) is 48.7 Å². The lowest BCUT2D eigenvalue weighted by molar-refractivity contribution is 0.0884. The first-order chi connectivity index (χ1) is 14.7. The number of Topliss-reactive ketones (excluding diaryl/α,β-unsaturated/α-hetero) is 1. The van der Waals surface area contributed by atoms with E-state index in [9.17, 15) is 4.79 Å². The molecule has 2 heterocycles. The van der Waals surface area contributed by atoms with E-state index < -0.39 is 0 Å². The summed E-state index contributed by atoms with van der Waals surface area (Å²) < 4.78 is 5.35. The first-order valence-corrected chi connectivity index (χ1v) is 11.5. The Hall–Kier alpha value is -2.20. The molecule has 4 heteroatoms. The summed E-state index contributed by atoms with van der Waals surface area (Å²) in [4.78, 5) is 20.2. The van der Waals surface area contributed by atoms with Crippen LogP contribution in [0.5, 0.6) is 5.75 Å². The number of carbonyl (C=O) groups excluding carboxylic acids is 1. The Kier molecular flexibility index (Phi) is 8.44.